The van der Waals surface area contributed by atoms with Gasteiger partial charge >= 0.3 is 0 Å². The first-order chi connectivity index (χ1) is 17.3. The summed E-state index contributed by atoms with van der Waals surface area (Å²) in [7, 11) is 0.0702. The summed E-state index contributed by atoms with van der Waals surface area (Å²) in [5.41, 5.74) is 0.812. The third kappa shape index (κ3) is 6.45. The Balaban J connectivity index is 1.77. The van der Waals surface area contributed by atoms with Crippen molar-refractivity contribution < 1.29 is 31.8 Å². The van der Waals surface area contributed by atoms with Crippen LogP contribution in [0.4, 0.5) is 10.1 Å². The Morgan fingerprint density at radius 2 is 1.67 bits per heavy atom. The molecule has 36 heavy (non-hydrogen) atoms. The minimum atomic E-state index is -4.33. The number of carbonyl (C=O) groups excluding carboxylic acids is 1. The first kappa shape index (κ1) is 26.8. The summed E-state index contributed by atoms with van der Waals surface area (Å²) in [6, 6.07) is 17.0. The van der Waals surface area contributed by atoms with Gasteiger partial charge in [-0.25, -0.2) is 12.8 Å². The molecule has 0 radical (unpaired) electrons. The zero-order valence-corrected chi connectivity index (χ0v) is 21.2. The molecule has 8 nitrogen and oxygen atoms in total. The lowest BCUT2D eigenvalue weighted by molar-refractivity contribution is -0.119. The van der Waals surface area contributed by atoms with Crippen molar-refractivity contribution in [3.8, 4) is 17.2 Å². The number of sulfonamides is 1. The van der Waals surface area contributed by atoms with Gasteiger partial charge < -0.3 is 19.5 Å². The van der Waals surface area contributed by atoms with E-state index in [9.17, 15) is 17.6 Å². The van der Waals surface area contributed by atoms with Crippen molar-refractivity contribution in [1.29, 1.82) is 0 Å². The van der Waals surface area contributed by atoms with Crippen molar-refractivity contribution in [3.63, 3.8) is 0 Å². The van der Waals surface area contributed by atoms with Crippen molar-refractivity contribution in [2.75, 3.05) is 38.7 Å². The molecule has 0 saturated carbocycles. The zero-order valence-electron chi connectivity index (χ0n) is 20.4. The second-order valence-electron chi connectivity index (χ2n) is 7.78. The summed E-state index contributed by atoms with van der Waals surface area (Å²) >= 11 is 0. The second kappa shape index (κ2) is 12.3. The molecule has 0 fully saturated rings. The summed E-state index contributed by atoms with van der Waals surface area (Å²) in [5, 5.41) is 2.72. The van der Waals surface area contributed by atoms with E-state index in [1.165, 1.54) is 50.6 Å². The van der Waals surface area contributed by atoms with E-state index in [-0.39, 0.29) is 16.3 Å². The molecule has 192 valence electrons. The van der Waals surface area contributed by atoms with Gasteiger partial charge in [0.2, 0.25) is 5.91 Å². The van der Waals surface area contributed by atoms with Crippen LogP contribution in [0.5, 0.6) is 17.2 Å². The molecule has 0 aromatic heterocycles. The molecule has 3 aromatic rings. The predicted octanol–water partition coefficient (Wildman–Crippen LogP) is 3.80. The number of nitrogens with zero attached hydrogens (tertiary/aromatic N) is 1. The first-order valence-electron chi connectivity index (χ1n) is 11.2. The molecule has 10 heteroatoms. The van der Waals surface area contributed by atoms with Crippen LogP contribution in [0.2, 0.25) is 0 Å². The minimum absolute atomic E-state index is 0.172. The number of benzene rings is 3. The highest BCUT2D eigenvalue weighted by Crippen LogP contribution is 2.32. The van der Waals surface area contributed by atoms with Gasteiger partial charge in [-0.1, -0.05) is 24.3 Å². The van der Waals surface area contributed by atoms with E-state index in [0.29, 0.717) is 25.1 Å². The maximum absolute atomic E-state index is 14.7. The monoisotopic (exact) mass is 516 g/mol. The van der Waals surface area contributed by atoms with Crippen LogP contribution >= 0.6 is 0 Å². The van der Waals surface area contributed by atoms with E-state index < -0.39 is 28.3 Å². The Kier molecular flexibility index (Phi) is 9.13. The smallest absolute Gasteiger partial charge is 0.265 e. The lowest BCUT2D eigenvalue weighted by Gasteiger charge is -2.25. The molecule has 3 aromatic carbocycles. The van der Waals surface area contributed by atoms with Gasteiger partial charge in [0, 0.05) is 12.6 Å². The van der Waals surface area contributed by atoms with Gasteiger partial charge in [0.1, 0.15) is 18.1 Å². The summed E-state index contributed by atoms with van der Waals surface area (Å²) in [6.45, 7) is -0.283. The van der Waals surface area contributed by atoms with Crippen molar-refractivity contribution in [2.24, 2.45) is 0 Å². The molecule has 1 amide bonds. The van der Waals surface area contributed by atoms with Crippen molar-refractivity contribution in [1.82, 2.24) is 5.32 Å². The van der Waals surface area contributed by atoms with Crippen LogP contribution in [0.3, 0.4) is 0 Å². The van der Waals surface area contributed by atoms with Gasteiger partial charge in [0.15, 0.2) is 11.5 Å². The van der Waals surface area contributed by atoms with Crippen LogP contribution < -0.4 is 23.8 Å². The summed E-state index contributed by atoms with van der Waals surface area (Å²) in [6.07, 6.45) is 1.32. The maximum atomic E-state index is 14.7. The fraction of sp³-hybridized carbons (Fsp3) is 0.269. The number of ether oxygens (including phenoxy) is 3. The number of hydrogen-bond acceptors (Lipinski definition) is 6. The number of para-hydroxylation sites is 1. The Labute approximate surface area is 210 Å². The van der Waals surface area contributed by atoms with Gasteiger partial charge in [0.05, 0.1) is 31.9 Å². The zero-order chi connectivity index (χ0) is 26.1. The van der Waals surface area contributed by atoms with E-state index >= 15 is 0 Å². The lowest BCUT2D eigenvalue weighted by atomic mass is 10.1. The highest BCUT2D eigenvalue weighted by atomic mass is 32.2. The molecule has 0 spiro atoms. The third-order valence-corrected chi connectivity index (χ3v) is 7.21. The van der Waals surface area contributed by atoms with Gasteiger partial charge in [0.25, 0.3) is 10.0 Å². The van der Waals surface area contributed by atoms with Crippen LogP contribution in [-0.2, 0) is 21.2 Å². The highest BCUT2D eigenvalue weighted by Gasteiger charge is 2.30. The van der Waals surface area contributed by atoms with E-state index in [1.54, 1.807) is 7.11 Å². The number of rotatable bonds is 12. The molecular formula is C26H29FN2O6S. The molecule has 1 N–H and O–H groups in total. The molecule has 0 heterocycles. The van der Waals surface area contributed by atoms with Crippen LogP contribution in [0.1, 0.15) is 12.0 Å². The molecule has 3 rings (SSSR count). The second-order valence-corrected chi connectivity index (χ2v) is 9.65. The number of aryl methyl sites for hydroxylation is 1. The molecule has 0 saturated heterocycles. The number of methoxy groups -OCH3 is 3. The van der Waals surface area contributed by atoms with Crippen molar-refractivity contribution >= 4 is 21.6 Å². The normalized spacial score (nSPS) is 11.0. The average molecular weight is 517 g/mol. The Bertz CT molecular complexity index is 1300. The fourth-order valence-electron chi connectivity index (χ4n) is 3.59. The van der Waals surface area contributed by atoms with E-state index in [4.69, 9.17) is 14.2 Å². The SMILES string of the molecule is COc1cccc(CCCNC(=O)CN(c2ccccc2F)S(=O)(=O)c2ccc(OC)c(OC)c2)c1. The quantitative estimate of drug-likeness (QED) is 0.368. The predicted molar refractivity (Wildman–Crippen MR) is 135 cm³/mol. The number of halogens is 1. The minimum Gasteiger partial charge on any atom is -0.497 e. The fourth-order valence-corrected chi connectivity index (χ4v) is 5.04. The molecule has 0 aliphatic heterocycles. The number of anilines is 1. The molecule has 0 aliphatic carbocycles. The summed E-state index contributed by atoms with van der Waals surface area (Å²) in [4.78, 5) is 12.6. The number of carbonyl (C=O) groups is 1. The topological polar surface area (TPSA) is 94.2 Å². The summed E-state index contributed by atoms with van der Waals surface area (Å²) in [5.74, 6) is -0.0607. The van der Waals surface area contributed by atoms with Crippen molar-refractivity contribution in [2.45, 2.75) is 17.7 Å². The molecule has 0 atom stereocenters. The van der Waals surface area contributed by atoms with E-state index in [1.807, 2.05) is 24.3 Å². The number of amides is 1. The largest absolute Gasteiger partial charge is 0.497 e. The highest BCUT2D eigenvalue weighted by molar-refractivity contribution is 7.92. The average Bonchev–Trinajstić information content (AvgIpc) is 2.89. The molecule has 0 bridgehead atoms. The standard InChI is InChI=1S/C26H29FN2O6S/c1-33-20-10-6-8-19(16-20)9-7-15-28-26(30)18-29(23-12-5-4-11-22(23)27)36(31,32)21-13-14-24(34-2)25(17-21)35-3/h4-6,8,10-14,16-17H,7,9,15,18H2,1-3H3,(H,28,30). The maximum Gasteiger partial charge on any atom is 0.265 e. The van der Waals surface area contributed by atoms with Gasteiger partial charge in [-0.15, -0.1) is 0 Å². The Morgan fingerprint density at radius 1 is 0.917 bits per heavy atom. The van der Waals surface area contributed by atoms with Crippen LogP contribution in [0.25, 0.3) is 0 Å². The van der Waals surface area contributed by atoms with Gasteiger partial charge in [-0.05, 0) is 54.8 Å². The van der Waals surface area contributed by atoms with E-state index in [2.05, 4.69) is 5.32 Å². The van der Waals surface area contributed by atoms with Crippen LogP contribution in [0.15, 0.2) is 71.6 Å². The third-order valence-electron chi connectivity index (χ3n) is 5.45. The van der Waals surface area contributed by atoms with Crippen LogP contribution in [-0.4, -0.2) is 48.7 Å². The number of nitrogens with one attached hydrogen (secondary N) is 1. The van der Waals surface area contributed by atoms with Crippen molar-refractivity contribution in [3.05, 3.63) is 78.1 Å². The summed E-state index contributed by atoms with van der Waals surface area (Å²) < 4.78 is 58.1. The molecular weight excluding hydrogens is 487 g/mol. The molecule has 0 aliphatic rings. The van der Waals surface area contributed by atoms with Crippen LogP contribution in [0, 0.1) is 5.82 Å². The lowest BCUT2D eigenvalue weighted by Crippen LogP contribution is -2.41. The van der Waals surface area contributed by atoms with E-state index in [0.717, 1.165) is 21.7 Å². The van der Waals surface area contributed by atoms with Gasteiger partial charge in [-0.3, -0.25) is 9.10 Å². The first-order valence-corrected chi connectivity index (χ1v) is 12.6. The number of hydrogen-bond donors (Lipinski definition) is 1. The Morgan fingerprint density at radius 3 is 2.36 bits per heavy atom. The Hall–Kier alpha value is -3.79. The van der Waals surface area contributed by atoms with Gasteiger partial charge in [-0.2, -0.15) is 0 Å². The molecule has 0 unspecified atom stereocenters.